The van der Waals surface area contributed by atoms with Crippen LogP contribution in [0.5, 0.6) is 5.75 Å². The molecule has 0 bridgehead atoms. The standard InChI is InChI=1S/C10H15ClOSi/c1-12-9-7-8(11)5-6-10(9)13(2,3)4/h5-7H,1-4H3. The van der Waals surface area contributed by atoms with E-state index in [1.807, 2.05) is 12.1 Å². The van der Waals surface area contributed by atoms with E-state index in [1.54, 1.807) is 7.11 Å². The summed E-state index contributed by atoms with van der Waals surface area (Å²) in [5.74, 6) is 0.923. The summed E-state index contributed by atoms with van der Waals surface area (Å²) >= 11 is 5.88. The van der Waals surface area contributed by atoms with Gasteiger partial charge in [-0.25, -0.2) is 0 Å². The first-order valence-electron chi connectivity index (χ1n) is 4.29. The Bertz CT molecular complexity index is 304. The molecule has 1 aromatic carbocycles. The number of ether oxygens (including phenoxy) is 1. The maximum Gasteiger partial charge on any atom is 0.119 e. The van der Waals surface area contributed by atoms with Crippen molar-refractivity contribution < 1.29 is 4.74 Å². The Labute approximate surface area is 85.7 Å². The molecular weight excluding hydrogens is 200 g/mol. The molecule has 13 heavy (non-hydrogen) atoms. The van der Waals surface area contributed by atoms with Crippen molar-refractivity contribution in [2.45, 2.75) is 19.6 Å². The summed E-state index contributed by atoms with van der Waals surface area (Å²) in [6, 6.07) is 5.89. The van der Waals surface area contributed by atoms with Gasteiger partial charge in [0.15, 0.2) is 0 Å². The first-order chi connectivity index (χ1) is 5.95. The zero-order chi connectivity index (χ0) is 10.1. The molecular formula is C10H15ClOSi. The molecule has 0 saturated heterocycles. The molecule has 0 fully saturated rings. The van der Waals surface area contributed by atoms with Crippen LogP contribution in [0.15, 0.2) is 18.2 Å². The fourth-order valence-electron chi connectivity index (χ4n) is 1.28. The average Bonchev–Trinajstić information content (AvgIpc) is 2.01. The quantitative estimate of drug-likeness (QED) is 0.688. The molecule has 0 spiro atoms. The minimum absolute atomic E-state index is 0.735. The summed E-state index contributed by atoms with van der Waals surface area (Å²) in [7, 11) is 0.384. The normalized spacial score (nSPS) is 11.5. The molecule has 0 atom stereocenters. The monoisotopic (exact) mass is 214 g/mol. The number of halogens is 1. The van der Waals surface area contributed by atoms with Crippen molar-refractivity contribution in [3.63, 3.8) is 0 Å². The molecule has 0 aromatic heterocycles. The van der Waals surface area contributed by atoms with E-state index >= 15 is 0 Å². The Morgan fingerprint density at radius 2 is 1.85 bits per heavy atom. The zero-order valence-corrected chi connectivity index (χ0v) is 10.3. The Hall–Kier alpha value is -0.473. The van der Waals surface area contributed by atoms with Crippen molar-refractivity contribution in [3.8, 4) is 5.75 Å². The molecule has 0 heterocycles. The molecule has 1 aromatic rings. The maximum atomic E-state index is 5.88. The molecule has 0 unspecified atom stereocenters. The van der Waals surface area contributed by atoms with Crippen LogP contribution < -0.4 is 9.92 Å². The van der Waals surface area contributed by atoms with E-state index in [1.165, 1.54) is 5.19 Å². The lowest BCUT2D eigenvalue weighted by Gasteiger charge is -2.19. The van der Waals surface area contributed by atoms with Gasteiger partial charge in [0.25, 0.3) is 0 Å². The number of rotatable bonds is 2. The van der Waals surface area contributed by atoms with Gasteiger partial charge in [-0.3, -0.25) is 0 Å². The highest BCUT2D eigenvalue weighted by atomic mass is 35.5. The zero-order valence-electron chi connectivity index (χ0n) is 8.52. The fraction of sp³-hybridized carbons (Fsp3) is 0.400. The first kappa shape index (κ1) is 10.6. The van der Waals surface area contributed by atoms with E-state index in [0.29, 0.717) is 0 Å². The van der Waals surface area contributed by atoms with Gasteiger partial charge in [-0.05, 0) is 17.3 Å². The third-order valence-electron chi connectivity index (χ3n) is 1.97. The number of hydrogen-bond acceptors (Lipinski definition) is 1. The van der Waals surface area contributed by atoms with Crippen LogP contribution in [-0.4, -0.2) is 15.2 Å². The van der Waals surface area contributed by atoms with Crippen LogP contribution in [0.3, 0.4) is 0 Å². The van der Waals surface area contributed by atoms with Gasteiger partial charge in [-0.1, -0.05) is 37.3 Å². The van der Waals surface area contributed by atoms with Crippen LogP contribution in [0.2, 0.25) is 24.7 Å². The van der Waals surface area contributed by atoms with E-state index in [2.05, 4.69) is 25.7 Å². The summed E-state index contributed by atoms with van der Waals surface area (Å²) in [6.07, 6.45) is 0. The van der Waals surface area contributed by atoms with Crippen LogP contribution in [0, 0.1) is 0 Å². The molecule has 72 valence electrons. The van der Waals surface area contributed by atoms with Gasteiger partial charge < -0.3 is 4.74 Å². The van der Waals surface area contributed by atoms with Gasteiger partial charge in [0.2, 0.25) is 0 Å². The number of methoxy groups -OCH3 is 1. The van der Waals surface area contributed by atoms with Crippen molar-refractivity contribution in [3.05, 3.63) is 23.2 Å². The van der Waals surface area contributed by atoms with Crippen molar-refractivity contribution in [2.75, 3.05) is 7.11 Å². The largest absolute Gasteiger partial charge is 0.497 e. The van der Waals surface area contributed by atoms with Crippen molar-refractivity contribution in [1.29, 1.82) is 0 Å². The Kier molecular flexibility index (Phi) is 3.04. The molecule has 1 rings (SSSR count). The van der Waals surface area contributed by atoms with Crippen LogP contribution >= 0.6 is 11.6 Å². The highest BCUT2D eigenvalue weighted by Gasteiger charge is 2.20. The Morgan fingerprint density at radius 1 is 1.23 bits per heavy atom. The van der Waals surface area contributed by atoms with Crippen molar-refractivity contribution >= 4 is 24.9 Å². The van der Waals surface area contributed by atoms with E-state index in [0.717, 1.165) is 10.8 Å². The predicted molar refractivity (Wildman–Crippen MR) is 61.0 cm³/mol. The first-order valence-corrected chi connectivity index (χ1v) is 8.17. The van der Waals surface area contributed by atoms with Crippen LogP contribution in [-0.2, 0) is 0 Å². The SMILES string of the molecule is COc1cc(Cl)ccc1[Si](C)(C)C. The van der Waals surface area contributed by atoms with Gasteiger partial charge in [-0.2, -0.15) is 0 Å². The second-order valence-corrected chi connectivity index (χ2v) is 9.57. The topological polar surface area (TPSA) is 9.23 Å². The van der Waals surface area contributed by atoms with E-state index < -0.39 is 8.07 Å². The molecule has 0 saturated carbocycles. The van der Waals surface area contributed by atoms with Crippen molar-refractivity contribution in [2.24, 2.45) is 0 Å². The van der Waals surface area contributed by atoms with E-state index in [-0.39, 0.29) is 0 Å². The van der Waals surface area contributed by atoms with Gasteiger partial charge in [0.1, 0.15) is 5.75 Å². The van der Waals surface area contributed by atoms with E-state index in [4.69, 9.17) is 16.3 Å². The minimum atomic E-state index is -1.31. The molecule has 1 nitrogen and oxygen atoms in total. The number of hydrogen-bond donors (Lipinski definition) is 0. The lowest BCUT2D eigenvalue weighted by molar-refractivity contribution is 0.418. The summed E-state index contributed by atoms with van der Waals surface area (Å²) in [5, 5.41) is 2.05. The highest BCUT2D eigenvalue weighted by molar-refractivity contribution is 6.89. The molecule has 0 radical (unpaired) electrons. The van der Waals surface area contributed by atoms with Crippen LogP contribution in [0.25, 0.3) is 0 Å². The van der Waals surface area contributed by atoms with Crippen LogP contribution in [0.4, 0.5) is 0 Å². The lowest BCUT2D eigenvalue weighted by atomic mass is 10.3. The van der Waals surface area contributed by atoms with Gasteiger partial charge in [-0.15, -0.1) is 0 Å². The second-order valence-electron chi connectivity index (χ2n) is 4.09. The van der Waals surface area contributed by atoms with Crippen molar-refractivity contribution in [1.82, 2.24) is 0 Å². The summed E-state index contributed by atoms with van der Waals surface area (Å²) in [6.45, 7) is 6.87. The highest BCUT2D eigenvalue weighted by Crippen LogP contribution is 2.19. The minimum Gasteiger partial charge on any atom is -0.497 e. The summed E-state index contributed by atoms with van der Waals surface area (Å²) < 4.78 is 5.30. The van der Waals surface area contributed by atoms with E-state index in [9.17, 15) is 0 Å². The van der Waals surface area contributed by atoms with Crippen LogP contribution in [0.1, 0.15) is 0 Å². The lowest BCUT2D eigenvalue weighted by Crippen LogP contribution is -2.38. The third-order valence-corrected chi connectivity index (χ3v) is 4.24. The maximum absolute atomic E-state index is 5.88. The summed E-state index contributed by atoms with van der Waals surface area (Å²) in [4.78, 5) is 0. The van der Waals surface area contributed by atoms with Gasteiger partial charge >= 0.3 is 0 Å². The smallest absolute Gasteiger partial charge is 0.119 e. The Morgan fingerprint density at radius 3 is 2.31 bits per heavy atom. The second kappa shape index (κ2) is 3.72. The molecule has 0 aliphatic rings. The Balaban J connectivity index is 3.22. The average molecular weight is 215 g/mol. The molecule has 0 aliphatic heterocycles. The third kappa shape index (κ3) is 2.48. The molecule has 0 N–H and O–H groups in total. The molecule has 0 amide bonds. The van der Waals surface area contributed by atoms with Gasteiger partial charge in [0.05, 0.1) is 15.2 Å². The number of benzene rings is 1. The van der Waals surface area contributed by atoms with Gasteiger partial charge in [0, 0.05) is 5.02 Å². The fourth-order valence-corrected chi connectivity index (χ4v) is 2.94. The molecule has 3 heteroatoms. The predicted octanol–water partition coefficient (Wildman–Crippen LogP) is 2.89. The summed E-state index contributed by atoms with van der Waals surface area (Å²) in [5.41, 5.74) is 0. The molecule has 0 aliphatic carbocycles.